The molecular weight excluding hydrogens is 336 g/mol. The van der Waals surface area contributed by atoms with Crippen LogP contribution in [0.3, 0.4) is 0 Å². The van der Waals surface area contributed by atoms with Crippen molar-refractivity contribution in [1.82, 2.24) is 4.98 Å². The zero-order valence-corrected chi connectivity index (χ0v) is 12.0. The van der Waals surface area contributed by atoms with Crippen molar-refractivity contribution in [3.05, 3.63) is 32.5 Å². The molecule has 1 aromatic carbocycles. The lowest BCUT2D eigenvalue weighted by atomic mass is 10.2. The Bertz CT molecular complexity index is 542. The summed E-state index contributed by atoms with van der Waals surface area (Å²) < 4.78 is 6.63. The van der Waals surface area contributed by atoms with Crippen LogP contribution < -0.4 is 4.74 Å². The monoisotopic (exact) mass is 347 g/mol. The summed E-state index contributed by atoms with van der Waals surface area (Å²) in [6.45, 7) is 4.55. The van der Waals surface area contributed by atoms with E-state index in [0.29, 0.717) is 6.61 Å². The van der Waals surface area contributed by atoms with E-state index >= 15 is 0 Å². The molecule has 0 bridgehead atoms. The van der Waals surface area contributed by atoms with E-state index < -0.39 is 0 Å². The van der Waals surface area contributed by atoms with Gasteiger partial charge in [0.1, 0.15) is 5.52 Å². The Kier molecular flexibility index (Phi) is 3.54. The molecule has 16 heavy (non-hydrogen) atoms. The SMILES string of the molecule is CCOc1c(I)cc(Cl)c2ccc(C)nc12. The molecule has 0 saturated heterocycles. The molecule has 1 heterocycles. The summed E-state index contributed by atoms with van der Waals surface area (Å²) in [7, 11) is 0. The zero-order chi connectivity index (χ0) is 11.7. The normalized spacial score (nSPS) is 10.8. The minimum atomic E-state index is 0.627. The minimum absolute atomic E-state index is 0.627. The molecule has 0 aliphatic carbocycles. The van der Waals surface area contributed by atoms with Gasteiger partial charge in [-0.25, -0.2) is 4.98 Å². The fraction of sp³-hybridized carbons (Fsp3) is 0.250. The van der Waals surface area contributed by atoms with Crippen LogP contribution in [0.25, 0.3) is 10.9 Å². The van der Waals surface area contributed by atoms with Crippen LogP contribution in [0.5, 0.6) is 5.75 Å². The predicted octanol–water partition coefficient (Wildman–Crippen LogP) is 4.20. The van der Waals surface area contributed by atoms with Gasteiger partial charge >= 0.3 is 0 Å². The molecule has 0 aliphatic heterocycles. The second kappa shape index (κ2) is 4.75. The van der Waals surface area contributed by atoms with Crippen LogP contribution >= 0.6 is 34.2 Å². The van der Waals surface area contributed by atoms with Crippen molar-refractivity contribution in [2.45, 2.75) is 13.8 Å². The highest BCUT2D eigenvalue weighted by Gasteiger charge is 2.11. The lowest BCUT2D eigenvalue weighted by molar-refractivity contribution is 0.341. The maximum Gasteiger partial charge on any atom is 0.158 e. The summed E-state index contributed by atoms with van der Waals surface area (Å²) in [6, 6.07) is 5.85. The second-order valence-electron chi connectivity index (χ2n) is 3.45. The Balaban J connectivity index is 2.80. The van der Waals surface area contributed by atoms with Gasteiger partial charge in [-0.05, 0) is 54.6 Å². The third-order valence-electron chi connectivity index (χ3n) is 2.27. The molecule has 2 nitrogen and oxygen atoms in total. The molecule has 4 heteroatoms. The van der Waals surface area contributed by atoms with E-state index in [-0.39, 0.29) is 0 Å². The highest BCUT2D eigenvalue weighted by atomic mass is 127. The Hall–Kier alpha value is -0.550. The number of halogens is 2. The molecule has 84 valence electrons. The average Bonchev–Trinajstić information content (AvgIpc) is 2.23. The molecule has 0 N–H and O–H groups in total. The standard InChI is InChI=1S/C12H11ClINO/c1-3-16-12-10(14)6-9(13)8-5-4-7(2)15-11(8)12/h4-6H,3H2,1-2H3. The molecule has 2 rings (SSSR count). The van der Waals surface area contributed by atoms with Gasteiger partial charge in [-0.3, -0.25) is 0 Å². The molecule has 1 aromatic heterocycles. The van der Waals surface area contributed by atoms with Crippen molar-refractivity contribution in [2.75, 3.05) is 6.61 Å². The van der Waals surface area contributed by atoms with E-state index in [0.717, 1.165) is 30.9 Å². The quantitative estimate of drug-likeness (QED) is 0.760. The van der Waals surface area contributed by atoms with Crippen molar-refractivity contribution < 1.29 is 4.74 Å². The van der Waals surface area contributed by atoms with Gasteiger partial charge in [-0.15, -0.1) is 0 Å². The summed E-state index contributed by atoms with van der Waals surface area (Å²) in [5.41, 5.74) is 1.81. The third kappa shape index (κ3) is 2.11. The fourth-order valence-electron chi connectivity index (χ4n) is 1.57. The van der Waals surface area contributed by atoms with Crippen molar-refractivity contribution in [3.8, 4) is 5.75 Å². The second-order valence-corrected chi connectivity index (χ2v) is 5.02. The number of aryl methyl sites for hydroxylation is 1. The van der Waals surface area contributed by atoms with Crippen LogP contribution in [0.4, 0.5) is 0 Å². The Morgan fingerprint density at radius 2 is 2.19 bits per heavy atom. The molecule has 0 atom stereocenters. The van der Waals surface area contributed by atoms with Gasteiger partial charge in [0.25, 0.3) is 0 Å². The summed E-state index contributed by atoms with van der Waals surface area (Å²) in [6.07, 6.45) is 0. The van der Waals surface area contributed by atoms with Crippen molar-refractivity contribution in [2.24, 2.45) is 0 Å². The van der Waals surface area contributed by atoms with E-state index in [9.17, 15) is 0 Å². The smallest absolute Gasteiger partial charge is 0.158 e. The molecule has 0 amide bonds. The Morgan fingerprint density at radius 1 is 1.44 bits per heavy atom. The number of ether oxygens (including phenoxy) is 1. The van der Waals surface area contributed by atoms with Gasteiger partial charge in [-0.2, -0.15) is 0 Å². The summed E-state index contributed by atoms with van der Waals surface area (Å²) in [4.78, 5) is 4.50. The number of benzene rings is 1. The zero-order valence-electron chi connectivity index (χ0n) is 9.05. The molecule has 2 aromatic rings. The predicted molar refractivity (Wildman–Crippen MR) is 75.4 cm³/mol. The first-order valence-electron chi connectivity index (χ1n) is 5.01. The van der Waals surface area contributed by atoms with Gasteiger partial charge in [0.15, 0.2) is 5.75 Å². The molecule has 0 saturated carbocycles. The van der Waals surface area contributed by atoms with Crippen molar-refractivity contribution in [1.29, 1.82) is 0 Å². The van der Waals surface area contributed by atoms with E-state index in [2.05, 4.69) is 27.6 Å². The summed E-state index contributed by atoms with van der Waals surface area (Å²) >= 11 is 8.41. The third-order valence-corrected chi connectivity index (χ3v) is 3.38. The lowest BCUT2D eigenvalue weighted by Gasteiger charge is -2.10. The van der Waals surface area contributed by atoms with Crippen LogP contribution in [0.2, 0.25) is 5.02 Å². The molecule has 0 radical (unpaired) electrons. The minimum Gasteiger partial charge on any atom is -0.490 e. The van der Waals surface area contributed by atoms with Crippen LogP contribution in [-0.4, -0.2) is 11.6 Å². The maximum atomic E-state index is 6.19. The number of hydrogen-bond donors (Lipinski definition) is 0. The van der Waals surface area contributed by atoms with Crippen LogP contribution in [-0.2, 0) is 0 Å². The molecule has 0 fully saturated rings. The van der Waals surface area contributed by atoms with E-state index in [1.54, 1.807) is 0 Å². The van der Waals surface area contributed by atoms with Gasteiger partial charge < -0.3 is 4.74 Å². The molecule has 0 spiro atoms. The number of fused-ring (bicyclic) bond motifs is 1. The Morgan fingerprint density at radius 3 is 2.88 bits per heavy atom. The number of rotatable bonds is 2. The first-order valence-corrected chi connectivity index (χ1v) is 6.47. The Labute approximate surface area is 113 Å². The van der Waals surface area contributed by atoms with Gasteiger partial charge in [0.2, 0.25) is 0 Å². The van der Waals surface area contributed by atoms with Gasteiger partial charge in [-0.1, -0.05) is 11.6 Å². The van der Waals surface area contributed by atoms with E-state index in [4.69, 9.17) is 16.3 Å². The van der Waals surface area contributed by atoms with E-state index in [1.807, 2.05) is 32.0 Å². The number of hydrogen-bond acceptors (Lipinski definition) is 2. The molecule has 0 unspecified atom stereocenters. The number of aromatic nitrogens is 1. The first-order chi connectivity index (χ1) is 7.63. The largest absolute Gasteiger partial charge is 0.490 e. The van der Waals surface area contributed by atoms with Crippen molar-refractivity contribution in [3.63, 3.8) is 0 Å². The number of pyridine rings is 1. The summed E-state index contributed by atoms with van der Waals surface area (Å²) in [5, 5.41) is 1.66. The van der Waals surface area contributed by atoms with Crippen LogP contribution in [0.15, 0.2) is 18.2 Å². The number of nitrogens with zero attached hydrogens (tertiary/aromatic N) is 1. The first kappa shape index (κ1) is 11.9. The van der Waals surface area contributed by atoms with Crippen molar-refractivity contribution >= 4 is 45.1 Å². The maximum absolute atomic E-state index is 6.19. The molecular formula is C12H11ClINO. The summed E-state index contributed by atoms with van der Waals surface area (Å²) in [5.74, 6) is 0.825. The van der Waals surface area contributed by atoms with Gasteiger partial charge in [0.05, 0.1) is 15.2 Å². The molecule has 0 aliphatic rings. The average molecular weight is 348 g/mol. The lowest BCUT2D eigenvalue weighted by Crippen LogP contribution is -1.97. The van der Waals surface area contributed by atoms with Gasteiger partial charge in [0, 0.05) is 11.1 Å². The van der Waals surface area contributed by atoms with E-state index in [1.165, 1.54) is 0 Å². The van der Waals surface area contributed by atoms with Crippen LogP contribution in [0, 0.1) is 10.5 Å². The fourth-order valence-corrected chi connectivity index (χ4v) is 2.74. The topological polar surface area (TPSA) is 22.1 Å². The van der Waals surface area contributed by atoms with Crippen LogP contribution in [0.1, 0.15) is 12.6 Å². The highest BCUT2D eigenvalue weighted by molar-refractivity contribution is 14.1. The highest BCUT2D eigenvalue weighted by Crippen LogP contribution is 2.34.